The van der Waals surface area contributed by atoms with E-state index in [1.54, 1.807) is 0 Å². The summed E-state index contributed by atoms with van der Waals surface area (Å²) in [6, 6.07) is 19.8. The average molecular weight is 354 g/mol. The van der Waals surface area contributed by atoms with Crippen LogP contribution in [-0.4, -0.2) is 25.2 Å². The molecule has 0 saturated carbocycles. The molecule has 4 heteroatoms. The normalized spacial score (nSPS) is 10.3. The Labute approximate surface area is 155 Å². The summed E-state index contributed by atoms with van der Waals surface area (Å²) in [7, 11) is 0. The van der Waals surface area contributed by atoms with Crippen LogP contribution >= 0.6 is 0 Å². The average Bonchev–Trinajstić information content (AvgIpc) is 2.67. The van der Waals surface area contributed by atoms with Crippen molar-refractivity contribution < 1.29 is 19.1 Å². The molecule has 2 aromatic carbocycles. The van der Waals surface area contributed by atoms with E-state index in [4.69, 9.17) is 9.47 Å². The van der Waals surface area contributed by atoms with Crippen molar-refractivity contribution >= 4 is 11.9 Å². The van der Waals surface area contributed by atoms with Gasteiger partial charge in [-0.1, -0.05) is 60.7 Å². The molecule has 0 aliphatic carbocycles. The van der Waals surface area contributed by atoms with Gasteiger partial charge in [-0.25, -0.2) is 0 Å². The zero-order valence-electron chi connectivity index (χ0n) is 15.1. The fraction of sp³-hybridized carbons (Fsp3) is 0.364. The summed E-state index contributed by atoms with van der Waals surface area (Å²) in [6.07, 6.45) is 3.40. The van der Waals surface area contributed by atoms with Crippen molar-refractivity contribution in [2.24, 2.45) is 0 Å². The van der Waals surface area contributed by atoms with Crippen molar-refractivity contribution in [2.75, 3.05) is 13.2 Å². The molecule has 0 spiro atoms. The van der Waals surface area contributed by atoms with Gasteiger partial charge in [-0.2, -0.15) is 0 Å². The van der Waals surface area contributed by atoms with Gasteiger partial charge in [-0.05, 0) is 24.0 Å². The Balaban J connectivity index is 1.46. The van der Waals surface area contributed by atoms with E-state index >= 15 is 0 Å². The first-order chi connectivity index (χ1) is 12.7. The maximum absolute atomic E-state index is 11.7. The highest BCUT2D eigenvalue weighted by Crippen LogP contribution is 2.05. The zero-order chi connectivity index (χ0) is 18.5. The highest BCUT2D eigenvalue weighted by Gasteiger charge is 2.06. The molecule has 26 heavy (non-hydrogen) atoms. The fourth-order valence-corrected chi connectivity index (χ4v) is 2.54. The molecule has 0 unspecified atom stereocenters. The number of hydrogen-bond acceptors (Lipinski definition) is 4. The quantitative estimate of drug-likeness (QED) is 0.450. The summed E-state index contributed by atoms with van der Waals surface area (Å²) in [5, 5.41) is 0. The summed E-state index contributed by atoms with van der Waals surface area (Å²) < 4.78 is 10.4. The molecule has 0 amide bonds. The van der Waals surface area contributed by atoms with Gasteiger partial charge in [0, 0.05) is 25.7 Å². The molecule has 2 aromatic rings. The predicted octanol–water partition coefficient (Wildman–Crippen LogP) is 4.12. The standard InChI is InChI=1S/C22H26O4/c23-21(25-17-15-19-9-3-1-4-10-19)13-7-8-14-22(24)26-18-16-20-11-5-2-6-12-20/h1-6,9-12H,7-8,13-18H2. The van der Waals surface area contributed by atoms with Crippen molar-refractivity contribution in [1.29, 1.82) is 0 Å². The van der Waals surface area contributed by atoms with Crippen LogP contribution in [0.3, 0.4) is 0 Å². The number of benzene rings is 2. The molecule has 0 aliphatic heterocycles. The minimum absolute atomic E-state index is 0.210. The van der Waals surface area contributed by atoms with Crippen LogP contribution in [0.15, 0.2) is 60.7 Å². The Hall–Kier alpha value is -2.62. The maximum Gasteiger partial charge on any atom is 0.305 e. The first-order valence-electron chi connectivity index (χ1n) is 9.13. The third kappa shape index (κ3) is 8.47. The molecule has 0 aliphatic rings. The molecular weight excluding hydrogens is 328 g/mol. The Morgan fingerprint density at radius 2 is 1.00 bits per heavy atom. The van der Waals surface area contributed by atoms with Crippen LogP contribution in [0.5, 0.6) is 0 Å². The van der Waals surface area contributed by atoms with Crippen LogP contribution in [0.4, 0.5) is 0 Å². The number of ether oxygens (including phenoxy) is 2. The van der Waals surface area contributed by atoms with Crippen molar-refractivity contribution in [3.8, 4) is 0 Å². The van der Waals surface area contributed by atoms with Crippen molar-refractivity contribution in [2.45, 2.75) is 38.5 Å². The Bertz CT molecular complexity index is 593. The molecule has 0 atom stereocenters. The van der Waals surface area contributed by atoms with Crippen LogP contribution < -0.4 is 0 Å². The molecule has 4 nitrogen and oxygen atoms in total. The number of carbonyl (C=O) groups excluding carboxylic acids is 2. The van der Waals surface area contributed by atoms with Crippen molar-refractivity contribution in [3.05, 3.63) is 71.8 Å². The number of unbranched alkanes of at least 4 members (excludes halogenated alkanes) is 1. The molecule has 138 valence electrons. The van der Waals surface area contributed by atoms with Crippen LogP contribution in [0.2, 0.25) is 0 Å². The minimum atomic E-state index is -0.210. The number of carbonyl (C=O) groups is 2. The molecule has 0 aromatic heterocycles. The lowest BCUT2D eigenvalue weighted by Gasteiger charge is -2.06. The second kappa shape index (κ2) is 11.9. The van der Waals surface area contributed by atoms with E-state index < -0.39 is 0 Å². The summed E-state index contributed by atoms with van der Waals surface area (Å²) in [5.74, 6) is -0.420. The van der Waals surface area contributed by atoms with Gasteiger partial charge in [-0.15, -0.1) is 0 Å². The number of esters is 2. The highest BCUT2D eigenvalue weighted by atomic mass is 16.5. The van der Waals surface area contributed by atoms with E-state index in [0.29, 0.717) is 38.9 Å². The van der Waals surface area contributed by atoms with Gasteiger partial charge in [0.05, 0.1) is 13.2 Å². The summed E-state index contributed by atoms with van der Waals surface area (Å²) in [6.45, 7) is 0.786. The third-order valence-electron chi connectivity index (χ3n) is 4.01. The smallest absolute Gasteiger partial charge is 0.305 e. The van der Waals surface area contributed by atoms with Crippen molar-refractivity contribution in [1.82, 2.24) is 0 Å². The number of rotatable bonds is 11. The van der Waals surface area contributed by atoms with Gasteiger partial charge in [0.1, 0.15) is 0 Å². The lowest BCUT2D eigenvalue weighted by atomic mass is 10.1. The minimum Gasteiger partial charge on any atom is -0.465 e. The maximum atomic E-state index is 11.7. The molecule has 0 N–H and O–H groups in total. The monoisotopic (exact) mass is 354 g/mol. The van der Waals surface area contributed by atoms with Crippen LogP contribution in [0.1, 0.15) is 36.8 Å². The summed E-state index contributed by atoms with van der Waals surface area (Å²) >= 11 is 0. The van der Waals surface area contributed by atoms with Gasteiger partial charge in [0.2, 0.25) is 0 Å². The van der Waals surface area contributed by atoms with E-state index in [1.165, 1.54) is 0 Å². The van der Waals surface area contributed by atoms with Gasteiger partial charge in [0.25, 0.3) is 0 Å². The van der Waals surface area contributed by atoms with E-state index in [9.17, 15) is 9.59 Å². The molecule has 0 fully saturated rings. The van der Waals surface area contributed by atoms with Crippen molar-refractivity contribution in [3.63, 3.8) is 0 Å². The SMILES string of the molecule is O=C(CCCCC(=O)OCCc1ccccc1)OCCc1ccccc1. The van der Waals surface area contributed by atoms with Crippen LogP contribution in [-0.2, 0) is 31.9 Å². The van der Waals surface area contributed by atoms with Gasteiger partial charge >= 0.3 is 11.9 Å². The lowest BCUT2D eigenvalue weighted by molar-refractivity contribution is -0.145. The van der Waals surface area contributed by atoms with Crippen LogP contribution in [0, 0.1) is 0 Å². The summed E-state index contributed by atoms with van der Waals surface area (Å²) in [4.78, 5) is 23.3. The first kappa shape index (κ1) is 19.7. The molecule has 0 radical (unpaired) electrons. The van der Waals surface area contributed by atoms with E-state index in [0.717, 1.165) is 24.0 Å². The molecule has 0 saturated heterocycles. The Kier molecular flexibility index (Phi) is 8.98. The molecule has 0 heterocycles. The van der Waals surface area contributed by atoms with Crippen LogP contribution in [0.25, 0.3) is 0 Å². The lowest BCUT2D eigenvalue weighted by Crippen LogP contribution is -2.09. The Morgan fingerprint density at radius 3 is 1.38 bits per heavy atom. The fourth-order valence-electron chi connectivity index (χ4n) is 2.54. The van der Waals surface area contributed by atoms with Gasteiger partial charge in [-0.3, -0.25) is 9.59 Å². The van der Waals surface area contributed by atoms with E-state index in [1.807, 2.05) is 60.7 Å². The van der Waals surface area contributed by atoms with E-state index in [2.05, 4.69) is 0 Å². The third-order valence-corrected chi connectivity index (χ3v) is 4.01. The topological polar surface area (TPSA) is 52.6 Å². The predicted molar refractivity (Wildman–Crippen MR) is 101 cm³/mol. The van der Waals surface area contributed by atoms with E-state index in [-0.39, 0.29) is 11.9 Å². The molecule has 0 bridgehead atoms. The van der Waals surface area contributed by atoms with Gasteiger partial charge < -0.3 is 9.47 Å². The highest BCUT2D eigenvalue weighted by molar-refractivity contribution is 5.70. The summed E-state index contributed by atoms with van der Waals surface area (Å²) in [5.41, 5.74) is 2.30. The molecular formula is C22H26O4. The second-order valence-corrected chi connectivity index (χ2v) is 6.12. The zero-order valence-corrected chi connectivity index (χ0v) is 15.1. The molecule has 2 rings (SSSR count). The Morgan fingerprint density at radius 1 is 0.615 bits per heavy atom. The number of hydrogen-bond donors (Lipinski definition) is 0. The first-order valence-corrected chi connectivity index (χ1v) is 9.13. The largest absolute Gasteiger partial charge is 0.465 e. The second-order valence-electron chi connectivity index (χ2n) is 6.12. The van der Waals surface area contributed by atoms with Gasteiger partial charge in [0.15, 0.2) is 0 Å².